The summed E-state index contributed by atoms with van der Waals surface area (Å²) < 4.78 is 0. The van der Waals surface area contributed by atoms with Gasteiger partial charge in [0, 0.05) is 6.54 Å². The molecule has 1 amide bonds. The second-order valence-corrected chi connectivity index (χ2v) is 6.13. The van der Waals surface area contributed by atoms with E-state index in [1.165, 1.54) is 5.56 Å². The zero-order chi connectivity index (χ0) is 16.5. The SMILES string of the molecule is CCN(CC)C(CNC(=O)[C@@H](N)CC(C)C)c1ccccc1.Cl.Cl. The van der Waals surface area contributed by atoms with Crippen molar-refractivity contribution in [2.75, 3.05) is 19.6 Å². The number of nitrogens with one attached hydrogen (secondary N) is 1. The number of rotatable bonds is 9. The molecule has 1 unspecified atom stereocenters. The highest BCUT2D eigenvalue weighted by atomic mass is 35.5. The van der Waals surface area contributed by atoms with Gasteiger partial charge in [0.15, 0.2) is 0 Å². The predicted octanol–water partition coefficient (Wildman–Crippen LogP) is 3.40. The van der Waals surface area contributed by atoms with Crippen LogP contribution < -0.4 is 11.1 Å². The van der Waals surface area contributed by atoms with Crippen molar-refractivity contribution in [2.24, 2.45) is 11.7 Å². The Balaban J connectivity index is 0. The number of nitrogens with two attached hydrogens (primary N) is 1. The minimum Gasteiger partial charge on any atom is -0.353 e. The smallest absolute Gasteiger partial charge is 0.236 e. The van der Waals surface area contributed by atoms with E-state index in [9.17, 15) is 4.79 Å². The van der Waals surface area contributed by atoms with E-state index >= 15 is 0 Å². The lowest BCUT2D eigenvalue weighted by Gasteiger charge is -2.30. The summed E-state index contributed by atoms with van der Waals surface area (Å²) in [7, 11) is 0. The minimum atomic E-state index is -0.423. The van der Waals surface area contributed by atoms with Gasteiger partial charge in [-0.25, -0.2) is 0 Å². The third kappa shape index (κ3) is 8.34. The highest BCUT2D eigenvalue weighted by Crippen LogP contribution is 2.19. The summed E-state index contributed by atoms with van der Waals surface area (Å²) in [6.45, 7) is 10.9. The normalized spacial score (nSPS) is 13.0. The Labute approximate surface area is 159 Å². The number of hydrogen-bond donors (Lipinski definition) is 2. The summed E-state index contributed by atoms with van der Waals surface area (Å²) in [6, 6.07) is 10.1. The lowest BCUT2D eigenvalue weighted by Crippen LogP contribution is -2.45. The van der Waals surface area contributed by atoms with Gasteiger partial charge in [-0.05, 0) is 31.0 Å². The van der Waals surface area contributed by atoms with Crippen molar-refractivity contribution in [3.05, 3.63) is 35.9 Å². The molecule has 1 aromatic carbocycles. The fourth-order valence-corrected chi connectivity index (χ4v) is 2.74. The van der Waals surface area contributed by atoms with Crippen LogP contribution in [0.1, 0.15) is 45.7 Å². The van der Waals surface area contributed by atoms with Crippen molar-refractivity contribution in [3.8, 4) is 0 Å². The van der Waals surface area contributed by atoms with Gasteiger partial charge in [-0.2, -0.15) is 0 Å². The first-order chi connectivity index (χ1) is 10.5. The summed E-state index contributed by atoms with van der Waals surface area (Å²) in [6.07, 6.45) is 0.715. The molecule has 0 radical (unpaired) electrons. The number of halogens is 2. The van der Waals surface area contributed by atoms with E-state index in [0.29, 0.717) is 18.9 Å². The number of carbonyl (C=O) groups excluding carboxylic acids is 1. The number of likely N-dealkylation sites (N-methyl/N-ethyl adjacent to an activating group) is 1. The number of hydrogen-bond acceptors (Lipinski definition) is 3. The standard InChI is InChI=1S/C18H31N3O.2ClH/c1-5-21(6-2)17(15-10-8-7-9-11-15)13-20-18(22)16(19)12-14(3)4;;/h7-11,14,16-17H,5-6,12-13,19H2,1-4H3,(H,20,22);2*1H/t16-,17?;;/m0../s1. The average molecular weight is 378 g/mol. The third-order valence-corrected chi connectivity index (χ3v) is 3.97. The summed E-state index contributed by atoms with van der Waals surface area (Å²) in [4.78, 5) is 14.5. The maximum atomic E-state index is 12.2. The van der Waals surface area contributed by atoms with Crippen LogP contribution in [0.2, 0.25) is 0 Å². The molecule has 0 aromatic heterocycles. The molecule has 0 aliphatic rings. The molecule has 4 nitrogen and oxygen atoms in total. The molecule has 3 N–H and O–H groups in total. The van der Waals surface area contributed by atoms with Crippen molar-refractivity contribution < 1.29 is 4.79 Å². The summed E-state index contributed by atoms with van der Waals surface area (Å²) >= 11 is 0. The maximum absolute atomic E-state index is 12.2. The van der Waals surface area contributed by atoms with Gasteiger partial charge in [-0.15, -0.1) is 24.8 Å². The first kappa shape index (κ1) is 25.4. The fourth-order valence-electron chi connectivity index (χ4n) is 2.74. The number of amides is 1. The molecule has 140 valence electrons. The van der Waals surface area contributed by atoms with Crippen LogP contribution in [0.25, 0.3) is 0 Å². The van der Waals surface area contributed by atoms with Crippen molar-refractivity contribution in [1.29, 1.82) is 0 Å². The second kappa shape index (κ2) is 13.5. The molecular formula is C18H33Cl2N3O. The topological polar surface area (TPSA) is 58.4 Å². The van der Waals surface area contributed by atoms with Gasteiger partial charge in [-0.3, -0.25) is 9.69 Å². The maximum Gasteiger partial charge on any atom is 0.236 e. The lowest BCUT2D eigenvalue weighted by molar-refractivity contribution is -0.123. The highest BCUT2D eigenvalue weighted by Gasteiger charge is 2.21. The molecule has 0 aliphatic heterocycles. The first-order valence-electron chi connectivity index (χ1n) is 8.31. The monoisotopic (exact) mass is 377 g/mol. The summed E-state index contributed by atoms with van der Waals surface area (Å²) in [5.74, 6) is 0.371. The largest absolute Gasteiger partial charge is 0.353 e. The number of carbonyl (C=O) groups is 1. The Morgan fingerprint density at radius 3 is 2.12 bits per heavy atom. The zero-order valence-electron chi connectivity index (χ0n) is 15.2. The van der Waals surface area contributed by atoms with Crippen LogP contribution in [0.3, 0.4) is 0 Å². The second-order valence-electron chi connectivity index (χ2n) is 6.13. The van der Waals surface area contributed by atoms with Crippen LogP contribution in [0, 0.1) is 5.92 Å². The third-order valence-electron chi connectivity index (χ3n) is 3.97. The van der Waals surface area contributed by atoms with E-state index in [2.05, 4.69) is 50.0 Å². The van der Waals surface area contributed by atoms with Crippen molar-refractivity contribution >= 4 is 30.7 Å². The molecule has 2 atom stereocenters. The van der Waals surface area contributed by atoms with Gasteiger partial charge in [0.25, 0.3) is 0 Å². The van der Waals surface area contributed by atoms with Crippen LogP contribution in [-0.4, -0.2) is 36.5 Å². The van der Waals surface area contributed by atoms with E-state index in [0.717, 1.165) is 13.1 Å². The molecule has 6 heteroatoms. The first-order valence-corrected chi connectivity index (χ1v) is 8.31. The Bertz CT molecular complexity index is 439. The van der Waals surface area contributed by atoms with Crippen LogP contribution in [-0.2, 0) is 4.79 Å². The van der Waals surface area contributed by atoms with Gasteiger partial charge < -0.3 is 11.1 Å². The quantitative estimate of drug-likeness (QED) is 0.692. The van der Waals surface area contributed by atoms with Gasteiger partial charge in [0.05, 0.1) is 12.1 Å². The molecule has 0 aliphatic carbocycles. The minimum absolute atomic E-state index is 0. The lowest BCUT2D eigenvalue weighted by atomic mass is 10.0. The molecule has 0 heterocycles. The molecule has 0 saturated carbocycles. The molecule has 0 spiro atoms. The van der Waals surface area contributed by atoms with Crippen molar-refractivity contribution in [3.63, 3.8) is 0 Å². The molecule has 1 rings (SSSR count). The highest BCUT2D eigenvalue weighted by molar-refractivity contribution is 5.85. The van der Waals surface area contributed by atoms with Crippen LogP contribution in [0.5, 0.6) is 0 Å². The fraction of sp³-hybridized carbons (Fsp3) is 0.611. The van der Waals surface area contributed by atoms with Crippen LogP contribution >= 0.6 is 24.8 Å². The van der Waals surface area contributed by atoms with E-state index in [1.54, 1.807) is 0 Å². The summed E-state index contributed by atoms with van der Waals surface area (Å²) in [5.41, 5.74) is 7.18. The number of nitrogens with zero attached hydrogens (tertiary/aromatic N) is 1. The Morgan fingerprint density at radius 2 is 1.67 bits per heavy atom. The van der Waals surface area contributed by atoms with Gasteiger partial charge in [0.2, 0.25) is 5.91 Å². The predicted molar refractivity (Wildman–Crippen MR) is 107 cm³/mol. The van der Waals surface area contributed by atoms with E-state index in [-0.39, 0.29) is 36.8 Å². The molecule has 1 aromatic rings. The van der Waals surface area contributed by atoms with Crippen LogP contribution in [0.4, 0.5) is 0 Å². The van der Waals surface area contributed by atoms with E-state index < -0.39 is 6.04 Å². The number of benzene rings is 1. The Morgan fingerprint density at radius 1 is 1.12 bits per heavy atom. The van der Waals surface area contributed by atoms with Gasteiger partial charge >= 0.3 is 0 Å². The molecule has 0 fully saturated rings. The zero-order valence-corrected chi connectivity index (χ0v) is 16.8. The summed E-state index contributed by atoms with van der Waals surface area (Å²) in [5, 5.41) is 3.03. The molecule has 24 heavy (non-hydrogen) atoms. The van der Waals surface area contributed by atoms with Crippen LogP contribution in [0.15, 0.2) is 30.3 Å². The molecular weight excluding hydrogens is 345 g/mol. The Hall–Kier alpha value is -0.810. The van der Waals surface area contributed by atoms with Gasteiger partial charge in [-0.1, -0.05) is 58.0 Å². The average Bonchev–Trinajstić information content (AvgIpc) is 2.51. The Kier molecular flexibility index (Phi) is 14.3. The van der Waals surface area contributed by atoms with Crippen molar-refractivity contribution in [2.45, 2.75) is 46.2 Å². The molecule has 0 bridgehead atoms. The molecule has 0 saturated heterocycles. The van der Waals surface area contributed by atoms with E-state index in [4.69, 9.17) is 5.73 Å². The van der Waals surface area contributed by atoms with Gasteiger partial charge in [0.1, 0.15) is 0 Å². The van der Waals surface area contributed by atoms with Crippen molar-refractivity contribution in [1.82, 2.24) is 10.2 Å². The van der Waals surface area contributed by atoms with E-state index in [1.807, 2.05) is 18.2 Å².